The molecule has 72 valence electrons. The number of nitrogen functional groups attached to an aromatic ring is 1. The molecule has 1 aliphatic heterocycles. The summed E-state index contributed by atoms with van der Waals surface area (Å²) in [7, 11) is 0. The molecule has 5 nitrogen and oxygen atoms in total. The van der Waals surface area contributed by atoms with Crippen LogP contribution in [0, 0.1) is 11.3 Å². The fraction of sp³-hybridized carbons (Fsp3) is 0.375. The second-order valence-electron chi connectivity index (χ2n) is 3.00. The summed E-state index contributed by atoms with van der Waals surface area (Å²) in [5, 5.41) is 9.20. The van der Waals surface area contributed by atoms with E-state index in [4.69, 9.17) is 11.0 Å². The Balaban J connectivity index is 2.51. The van der Waals surface area contributed by atoms with Gasteiger partial charge in [-0.15, -0.1) is 0 Å². The molecule has 6 heteroatoms. The van der Waals surface area contributed by atoms with Gasteiger partial charge in [0, 0.05) is 11.8 Å². The summed E-state index contributed by atoms with van der Waals surface area (Å²) in [6, 6.07) is 3.30. The van der Waals surface area contributed by atoms with E-state index in [0.29, 0.717) is 11.6 Å². The van der Waals surface area contributed by atoms with Crippen molar-refractivity contribution >= 4 is 17.6 Å². The molecule has 0 bridgehead atoms. The van der Waals surface area contributed by atoms with Gasteiger partial charge in [0.2, 0.25) is 0 Å². The van der Waals surface area contributed by atoms with Gasteiger partial charge in [-0.2, -0.15) is 5.26 Å². The molecule has 0 amide bonds. The van der Waals surface area contributed by atoms with Gasteiger partial charge in [-0.1, -0.05) is 11.8 Å². The van der Waals surface area contributed by atoms with Crippen LogP contribution < -0.4 is 11.3 Å². The van der Waals surface area contributed by atoms with E-state index in [-0.39, 0.29) is 17.4 Å². The lowest BCUT2D eigenvalue weighted by atomic mass is 10.2. The molecular formula is C8H8N4OS. The molecule has 1 aromatic heterocycles. The van der Waals surface area contributed by atoms with E-state index in [1.165, 1.54) is 17.8 Å². The van der Waals surface area contributed by atoms with Crippen molar-refractivity contribution < 1.29 is 0 Å². The summed E-state index contributed by atoms with van der Waals surface area (Å²) in [6.07, 6.45) is 0.339. The van der Waals surface area contributed by atoms with Crippen molar-refractivity contribution in [1.82, 2.24) is 9.55 Å². The number of thioether (sulfide) groups is 1. The predicted molar refractivity (Wildman–Crippen MR) is 52.9 cm³/mol. The average Bonchev–Trinajstić information content (AvgIpc) is 2.49. The third-order valence-electron chi connectivity index (χ3n) is 2.04. The largest absolute Gasteiger partial charge is 0.383 e. The maximum Gasteiger partial charge on any atom is 0.256 e. The van der Waals surface area contributed by atoms with Crippen LogP contribution in [0.1, 0.15) is 12.5 Å². The monoisotopic (exact) mass is 208 g/mol. The maximum absolute atomic E-state index is 11.5. The number of hydrogen-bond acceptors (Lipinski definition) is 5. The number of hydrogen-bond donors (Lipinski definition) is 1. The van der Waals surface area contributed by atoms with Crippen LogP contribution in [0.4, 0.5) is 5.82 Å². The molecule has 0 saturated carbocycles. The highest BCUT2D eigenvalue weighted by Crippen LogP contribution is 2.31. The SMILES string of the molecule is N#CCC1CSc2nc(N)cc(=O)n21. The molecule has 1 atom stereocenters. The molecule has 0 radical (unpaired) electrons. The molecule has 2 N–H and O–H groups in total. The third kappa shape index (κ3) is 1.36. The molecular weight excluding hydrogens is 200 g/mol. The van der Waals surface area contributed by atoms with Crippen LogP contribution in [-0.4, -0.2) is 15.3 Å². The first kappa shape index (κ1) is 9.09. The number of fused-ring (bicyclic) bond motifs is 1. The van der Waals surface area contributed by atoms with Gasteiger partial charge < -0.3 is 5.73 Å². The minimum Gasteiger partial charge on any atom is -0.383 e. The van der Waals surface area contributed by atoms with E-state index >= 15 is 0 Å². The van der Waals surface area contributed by atoms with E-state index in [2.05, 4.69) is 11.1 Å². The summed E-state index contributed by atoms with van der Waals surface area (Å²) < 4.78 is 1.55. The van der Waals surface area contributed by atoms with Gasteiger partial charge in [0.1, 0.15) is 5.82 Å². The summed E-state index contributed by atoms with van der Waals surface area (Å²) in [4.78, 5) is 15.6. The minimum atomic E-state index is -0.169. The number of rotatable bonds is 1. The van der Waals surface area contributed by atoms with Gasteiger partial charge in [-0.25, -0.2) is 4.98 Å². The number of aromatic nitrogens is 2. The molecule has 1 unspecified atom stereocenters. The van der Waals surface area contributed by atoms with Crippen LogP contribution >= 0.6 is 11.8 Å². The van der Waals surface area contributed by atoms with Crippen LogP contribution in [-0.2, 0) is 0 Å². The fourth-order valence-corrected chi connectivity index (χ4v) is 2.58. The van der Waals surface area contributed by atoms with E-state index < -0.39 is 0 Å². The van der Waals surface area contributed by atoms with Crippen LogP contribution in [0.15, 0.2) is 16.0 Å². The first-order valence-electron chi connectivity index (χ1n) is 4.11. The smallest absolute Gasteiger partial charge is 0.256 e. The molecule has 14 heavy (non-hydrogen) atoms. The minimum absolute atomic E-state index is 0.0550. The zero-order valence-corrected chi connectivity index (χ0v) is 8.12. The molecule has 2 rings (SSSR count). The summed E-state index contributed by atoms with van der Waals surface area (Å²) >= 11 is 1.46. The Kier molecular flexibility index (Phi) is 2.17. The van der Waals surface area contributed by atoms with Gasteiger partial charge >= 0.3 is 0 Å². The fourth-order valence-electron chi connectivity index (χ4n) is 1.43. The number of nitrogens with zero attached hydrogens (tertiary/aromatic N) is 3. The number of nitrogens with two attached hydrogens (primary N) is 1. The highest BCUT2D eigenvalue weighted by atomic mass is 32.2. The van der Waals surface area contributed by atoms with Gasteiger partial charge in [0.25, 0.3) is 5.56 Å². The van der Waals surface area contributed by atoms with Crippen molar-refractivity contribution in [2.75, 3.05) is 11.5 Å². The lowest BCUT2D eigenvalue weighted by Crippen LogP contribution is -2.24. The van der Waals surface area contributed by atoms with Crippen molar-refractivity contribution in [3.63, 3.8) is 0 Å². The second-order valence-corrected chi connectivity index (χ2v) is 3.99. The van der Waals surface area contributed by atoms with Crippen molar-refractivity contribution in [2.45, 2.75) is 17.6 Å². The number of anilines is 1. The molecule has 0 saturated heterocycles. The van der Waals surface area contributed by atoms with Crippen LogP contribution in [0.25, 0.3) is 0 Å². The zero-order chi connectivity index (χ0) is 10.1. The van der Waals surface area contributed by atoms with Gasteiger partial charge in [-0.05, 0) is 0 Å². The van der Waals surface area contributed by atoms with E-state index in [1.807, 2.05) is 0 Å². The van der Waals surface area contributed by atoms with Crippen molar-refractivity contribution in [3.8, 4) is 6.07 Å². The second kappa shape index (κ2) is 3.35. The van der Waals surface area contributed by atoms with Gasteiger partial charge in [0.05, 0.1) is 18.5 Å². The maximum atomic E-state index is 11.5. The Hall–Kier alpha value is -1.48. The van der Waals surface area contributed by atoms with Gasteiger partial charge in [-0.3, -0.25) is 9.36 Å². The normalized spacial score (nSPS) is 18.9. The Morgan fingerprint density at radius 2 is 2.64 bits per heavy atom. The Morgan fingerprint density at radius 3 is 3.36 bits per heavy atom. The highest BCUT2D eigenvalue weighted by molar-refractivity contribution is 7.99. The standard InChI is InChI=1S/C8H8N4OS/c9-2-1-5-4-14-8-11-6(10)3-7(13)12(5)8/h3,5H,1,4,10H2. The zero-order valence-electron chi connectivity index (χ0n) is 7.30. The molecule has 1 aliphatic rings. The molecule has 0 aliphatic carbocycles. The summed E-state index contributed by atoms with van der Waals surface area (Å²) in [5.41, 5.74) is 5.28. The van der Waals surface area contributed by atoms with Crippen LogP contribution in [0.2, 0.25) is 0 Å². The van der Waals surface area contributed by atoms with Crippen LogP contribution in [0.5, 0.6) is 0 Å². The lowest BCUT2D eigenvalue weighted by Gasteiger charge is -2.08. The van der Waals surface area contributed by atoms with Crippen molar-refractivity contribution in [3.05, 3.63) is 16.4 Å². The molecule has 1 aromatic rings. The van der Waals surface area contributed by atoms with E-state index in [1.54, 1.807) is 4.57 Å². The van der Waals surface area contributed by atoms with Crippen LogP contribution in [0.3, 0.4) is 0 Å². The highest BCUT2D eigenvalue weighted by Gasteiger charge is 2.24. The van der Waals surface area contributed by atoms with E-state index in [0.717, 1.165) is 5.75 Å². The Bertz CT molecular complexity index is 461. The third-order valence-corrected chi connectivity index (χ3v) is 3.13. The van der Waals surface area contributed by atoms with E-state index in [9.17, 15) is 4.79 Å². The predicted octanol–water partition coefficient (Wildman–Crippen LogP) is 0.386. The molecule has 2 heterocycles. The quantitative estimate of drug-likeness (QED) is 0.674. The molecule has 0 fully saturated rings. The first-order valence-corrected chi connectivity index (χ1v) is 5.09. The molecule has 0 spiro atoms. The van der Waals surface area contributed by atoms with Gasteiger partial charge in [0.15, 0.2) is 5.16 Å². The summed E-state index contributed by atoms with van der Waals surface area (Å²) in [6.45, 7) is 0. The van der Waals surface area contributed by atoms with Crippen molar-refractivity contribution in [1.29, 1.82) is 5.26 Å². The average molecular weight is 208 g/mol. The lowest BCUT2D eigenvalue weighted by molar-refractivity contribution is 0.514. The Labute approximate surface area is 84.6 Å². The van der Waals surface area contributed by atoms with Crippen molar-refractivity contribution in [2.24, 2.45) is 0 Å². The topological polar surface area (TPSA) is 84.7 Å². The first-order chi connectivity index (χ1) is 6.72. The summed E-state index contributed by atoms with van der Waals surface area (Å²) in [5.74, 6) is 0.963. The Morgan fingerprint density at radius 1 is 1.86 bits per heavy atom. The number of nitriles is 1. The molecule has 0 aromatic carbocycles.